The van der Waals surface area contributed by atoms with Crippen LogP contribution in [0.2, 0.25) is 0 Å². The normalized spacial score (nSPS) is 14.7. The van der Waals surface area contributed by atoms with E-state index in [4.69, 9.17) is 4.74 Å². The fourth-order valence-electron chi connectivity index (χ4n) is 1.44. The molecule has 1 N–H and O–H groups in total. The van der Waals surface area contributed by atoms with Crippen LogP contribution in [0.25, 0.3) is 0 Å². The lowest BCUT2D eigenvalue weighted by Crippen LogP contribution is -2.31. The van der Waals surface area contributed by atoms with Gasteiger partial charge in [-0.1, -0.05) is 6.07 Å². The van der Waals surface area contributed by atoms with Crippen LogP contribution in [0.5, 0.6) is 0 Å². The number of hydrogen-bond donors (Lipinski definition) is 1. The standard InChI is InChI=1S/C12H14F4O2/c1-11(2,18-3)10(17)7-4-5-8(9(13)6-7)12(14,15)16/h4-6,10,17H,1-3H3. The van der Waals surface area contributed by atoms with Gasteiger partial charge in [0.25, 0.3) is 0 Å². The lowest BCUT2D eigenvalue weighted by Gasteiger charge is -2.29. The molecule has 0 fully saturated rings. The van der Waals surface area contributed by atoms with Gasteiger partial charge in [0.1, 0.15) is 11.9 Å². The van der Waals surface area contributed by atoms with Crippen molar-refractivity contribution in [2.24, 2.45) is 0 Å². The number of rotatable bonds is 3. The Hall–Kier alpha value is -1.14. The van der Waals surface area contributed by atoms with Gasteiger partial charge in [0, 0.05) is 7.11 Å². The first-order valence-corrected chi connectivity index (χ1v) is 5.19. The van der Waals surface area contributed by atoms with Crippen LogP contribution in [0.1, 0.15) is 31.1 Å². The average Bonchev–Trinajstić information content (AvgIpc) is 2.26. The molecule has 0 aromatic heterocycles. The molecule has 0 spiro atoms. The van der Waals surface area contributed by atoms with Gasteiger partial charge in [-0.2, -0.15) is 13.2 Å². The molecule has 0 aliphatic rings. The Morgan fingerprint density at radius 1 is 1.22 bits per heavy atom. The fourth-order valence-corrected chi connectivity index (χ4v) is 1.44. The molecule has 18 heavy (non-hydrogen) atoms. The summed E-state index contributed by atoms with van der Waals surface area (Å²) in [5.74, 6) is -1.41. The molecule has 0 heterocycles. The van der Waals surface area contributed by atoms with Crippen LogP contribution >= 0.6 is 0 Å². The van der Waals surface area contributed by atoms with E-state index in [0.717, 1.165) is 6.07 Å². The van der Waals surface area contributed by atoms with E-state index in [1.54, 1.807) is 13.8 Å². The Bertz CT molecular complexity index is 427. The molecule has 0 saturated carbocycles. The second-order valence-corrected chi connectivity index (χ2v) is 4.45. The molecular formula is C12H14F4O2. The first kappa shape index (κ1) is 14.9. The first-order chi connectivity index (χ1) is 8.09. The summed E-state index contributed by atoms with van der Waals surface area (Å²) in [6.45, 7) is 3.10. The summed E-state index contributed by atoms with van der Waals surface area (Å²) in [7, 11) is 1.35. The second kappa shape index (κ2) is 4.85. The van der Waals surface area contributed by atoms with E-state index in [0.29, 0.717) is 12.1 Å². The van der Waals surface area contributed by atoms with Gasteiger partial charge in [-0.05, 0) is 31.5 Å². The lowest BCUT2D eigenvalue weighted by atomic mass is 9.93. The van der Waals surface area contributed by atoms with Gasteiger partial charge in [0.05, 0.1) is 11.2 Å². The molecular weight excluding hydrogens is 252 g/mol. The van der Waals surface area contributed by atoms with Crippen LogP contribution in [0.3, 0.4) is 0 Å². The van der Waals surface area contributed by atoms with E-state index in [1.165, 1.54) is 7.11 Å². The maximum absolute atomic E-state index is 13.3. The Balaban J connectivity index is 3.13. The molecule has 102 valence electrons. The second-order valence-electron chi connectivity index (χ2n) is 4.45. The van der Waals surface area contributed by atoms with Gasteiger partial charge in [-0.25, -0.2) is 4.39 Å². The zero-order valence-corrected chi connectivity index (χ0v) is 10.2. The van der Waals surface area contributed by atoms with Crippen molar-refractivity contribution in [3.05, 3.63) is 35.1 Å². The zero-order chi connectivity index (χ0) is 14.1. The number of halogens is 4. The molecule has 1 unspecified atom stereocenters. The van der Waals surface area contributed by atoms with Crippen molar-refractivity contribution in [3.63, 3.8) is 0 Å². The van der Waals surface area contributed by atoms with E-state index in [9.17, 15) is 22.7 Å². The highest BCUT2D eigenvalue weighted by molar-refractivity contribution is 5.29. The van der Waals surface area contributed by atoms with Crippen molar-refractivity contribution in [2.45, 2.75) is 31.7 Å². The number of aliphatic hydroxyl groups excluding tert-OH is 1. The van der Waals surface area contributed by atoms with Gasteiger partial charge in [0.2, 0.25) is 0 Å². The predicted molar refractivity (Wildman–Crippen MR) is 57.4 cm³/mol. The predicted octanol–water partition coefficient (Wildman–Crippen LogP) is 3.30. The molecule has 0 amide bonds. The van der Waals surface area contributed by atoms with Crippen LogP contribution in [0, 0.1) is 5.82 Å². The summed E-state index contributed by atoms with van der Waals surface area (Å²) in [4.78, 5) is 0. The van der Waals surface area contributed by atoms with E-state index in [2.05, 4.69) is 0 Å². The number of alkyl halides is 3. The van der Waals surface area contributed by atoms with Crippen molar-refractivity contribution in [1.29, 1.82) is 0 Å². The van der Waals surface area contributed by atoms with Gasteiger partial charge in [-0.3, -0.25) is 0 Å². The summed E-state index contributed by atoms with van der Waals surface area (Å²) in [5, 5.41) is 9.89. The molecule has 0 aliphatic heterocycles. The Kier molecular flexibility index (Phi) is 4.02. The third-order valence-corrected chi connectivity index (χ3v) is 2.80. The molecule has 1 aromatic rings. The number of ether oxygens (including phenoxy) is 1. The maximum Gasteiger partial charge on any atom is 0.419 e. The van der Waals surface area contributed by atoms with Crippen molar-refractivity contribution in [2.75, 3.05) is 7.11 Å². The van der Waals surface area contributed by atoms with Gasteiger partial charge >= 0.3 is 6.18 Å². The van der Waals surface area contributed by atoms with Crippen LogP contribution in [0.15, 0.2) is 18.2 Å². The minimum Gasteiger partial charge on any atom is -0.385 e. The topological polar surface area (TPSA) is 29.5 Å². The largest absolute Gasteiger partial charge is 0.419 e. The molecule has 1 rings (SSSR count). The number of methoxy groups -OCH3 is 1. The third-order valence-electron chi connectivity index (χ3n) is 2.80. The third kappa shape index (κ3) is 3.00. The highest BCUT2D eigenvalue weighted by atomic mass is 19.4. The van der Waals surface area contributed by atoms with Crippen LogP contribution in [-0.4, -0.2) is 17.8 Å². The molecule has 0 radical (unpaired) electrons. The van der Waals surface area contributed by atoms with Crippen molar-refractivity contribution >= 4 is 0 Å². The molecule has 2 nitrogen and oxygen atoms in total. The Morgan fingerprint density at radius 3 is 2.17 bits per heavy atom. The molecule has 0 aliphatic carbocycles. The Morgan fingerprint density at radius 2 is 1.78 bits per heavy atom. The SMILES string of the molecule is COC(C)(C)C(O)c1ccc(C(F)(F)F)c(F)c1. The van der Waals surface area contributed by atoms with Crippen molar-refractivity contribution in [3.8, 4) is 0 Å². The van der Waals surface area contributed by atoms with E-state index in [-0.39, 0.29) is 5.56 Å². The van der Waals surface area contributed by atoms with Crippen LogP contribution in [-0.2, 0) is 10.9 Å². The minimum atomic E-state index is -4.75. The average molecular weight is 266 g/mol. The van der Waals surface area contributed by atoms with Gasteiger partial charge in [0.15, 0.2) is 0 Å². The highest BCUT2D eigenvalue weighted by Crippen LogP contribution is 2.34. The maximum atomic E-state index is 13.3. The summed E-state index contributed by atoms with van der Waals surface area (Å²) < 4.78 is 55.4. The molecule has 6 heteroatoms. The van der Waals surface area contributed by atoms with E-state index < -0.39 is 29.3 Å². The summed E-state index contributed by atoms with van der Waals surface area (Å²) in [6.07, 6.45) is -5.97. The zero-order valence-electron chi connectivity index (χ0n) is 10.2. The monoisotopic (exact) mass is 266 g/mol. The molecule has 0 bridgehead atoms. The number of hydrogen-bond acceptors (Lipinski definition) is 2. The lowest BCUT2D eigenvalue weighted by molar-refractivity contribution is -0.140. The van der Waals surface area contributed by atoms with Crippen molar-refractivity contribution in [1.82, 2.24) is 0 Å². The number of aliphatic hydroxyl groups is 1. The number of benzene rings is 1. The van der Waals surface area contributed by atoms with E-state index in [1.807, 2.05) is 0 Å². The molecule has 1 aromatic carbocycles. The van der Waals surface area contributed by atoms with E-state index >= 15 is 0 Å². The summed E-state index contributed by atoms with van der Waals surface area (Å²) in [5.41, 5.74) is -2.34. The summed E-state index contributed by atoms with van der Waals surface area (Å²) in [6, 6.07) is 2.32. The van der Waals surface area contributed by atoms with Crippen molar-refractivity contribution < 1.29 is 27.4 Å². The highest BCUT2D eigenvalue weighted by Gasteiger charge is 2.35. The first-order valence-electron chi connectivity index (χ1n) is 5.19. The molecule has 1 atom stereocenters. The summed E-state index contributed by atoms with van der Waals surface area (Å²) >= 11 is 0. The quantitative estimate of drug-likeness (QED) is 0.850. The fraction of sp³-hybridized carbons (Fsp3) is 0.500. The van der Waals surface area contributed by atoms with Gasteiger partial charge in [-0.15, -0.1) is 0 Å². The molecule has 0 saturated heterocycles. The van der Waals surface area contributed by atoms with Gasteiger partial charge < -0.3 is 9.84 Å². The van der Waals surface area contributed by atoms with Crippen LogP contribution in [0.4, 0.5) is 17.6 Å². The smallest absolute Gasteiger partial charge is 0.385 e. The van der Waals surface area contributed by atoms with Crippen LogP contribution < -0.4 is 0 Å². The minimum absolute atomic E-state index is 0.0346. The Labute approximate surface area is 102 Å².